The first-order valence-corrected chi connectivity index (χ1v) is 13.9. The fourth-order valence-corrected chi connectivity index (χ4v) is 6.11. The van der Waals surface area contributed by atoms with Gasteiger partial charge >= 0.3 is 0 Å². The molecular weight excluding hydrogens is 484 g/mol. The Hall–Kier alpha value is -4.11. The molecular formula is C28H28N6O2S. The van der Waals surface area contributed by atoms with Crippen molar-refractivity contribution in [3.63, 3.8) is 0 Å². The van der Waals surface area contributed by atoms with Gasteiger partial charge in [-0.3, -0.25) is 9.97 Å². The van der Waals surface area contributed by atoms with Crippen molar-refractivity contribution in [2.75, 3.05) is 11.1 Å². The molecule has 0 unspecified atom stereocenters. The number of sulfone groups is 1. The Morgan fingerprint density at radius 1 is 0.973 bits per heavy atom. The Morgan fingerprint density at radius 2 is 1.78 bits per heavy atom. The Labute approximate surface area is 216 Å². The number of benzene rings is 1. The van der Waals surface area contributed by atoms with Gasteiger partial charge in [0.2, 0.25) is 0 Å². The van der Waals surface area contributed by atoms with Crippen LogP contribution in [0.3, 0.4) is 0 Å². The van der Waals surface area contributed by atoms with Crippen molar-refractivity contribution < 1.29 is 8.42 Å². The van der Waals surface area contributed by atoms with Crippen LogP contribution in [-0.2, 0) is 22.1 Å². The van der Waals surface area contributed by atoms with E-state index in [9.17, 15) is 8.42 Å². The quantitative estimate of drug-likeness (QED) is 0.295. The molecule has 0 saturated heterocycles. The second-order valence-electron chi connectivity index (χ2n) is 9.38. The topological polar surface area (TPSA) is 102 Å². The summed E-state index contributed by atoms with van der Waals surface area (Å²) in [5.74, 6) is 1.22. The van der Waals surface area contributed by atoms with E-state index in [2.05, 4.69) is 27.4 Å². The smallest absolute Gasteiger partial charge is 0.183 e. The Kier molecular flexibility index (Phi) is 6.96. The maximum atomic E-state index is 12.6. The van der Waals surface area contributed by atoms with Gasteiger partial charge in [-0.2, -0.15) is 0 Å². The maximum absolute atomic E-state index is 12.6. The molecule has 0 atom stereocenters. The third-order valence-electron chi connectivity index (χ3n) is 5.79. The average Bonchev–Trinajstić information content (AvgIpc) is 3.32. The van der Waals surface area contributed by atoms with Gasteiger partial charge in [-0.15, -0.1) is 5.10 Å². The number of rotatable bonds is 9. The van der Waals surface area contributed by atoms with Crippen LogP contribution in [0.25, 0.3) is 28.0 Å². The van der Waals surface area contributed by atoms with Crippen LogP contribution >= 0.6 is 0 Å². The number of fused-ring (bicyclic) bond motifs is 1. The van der Waals surface area contributed by atoms with Crippen molar-refractivity contribution in [1.82, 2.24) is 24.6 Å². The summed E-state index contributed by atoms with van der Waals surface area (Å²) in [5, 5.41) is 8.19. The number of pyridine rings is 2. The van der Waals surface area contributed by atoms with Crippen LogP contribution in [0.15, 0.2) is 85.5 Å². The number of nitrogens with zero attached hydrogens (tertiary/aromatic N) is 5. The molecule has 8 nitrogen and oxygen atoms in total. The average molecular weight is 513 g/mol. The number of hydrogen-bond acceptors (Lipinski definition) is 7. The lowest BCUT2D eigenvalue weighted by Crippen LogP contribution is -2.14. The predicted octanol–water partition coefficient (Wildman–Crippen LogP) is 5.04. The molecule has 37 heavy (non-hydrogen) atoms. The summed E-state index contributed by atoms with van der Waals surface area (Å²) in [6.07, 6.45) is 6.90. The molecule has 5 rings (SSSR count). The molecule has 188 valence electrons. The van der Waals surface area contributed by atoms with E-state index in [0.717, 1.165) is 22.3 Å². The molecule has 0 fully saturated rings. The van der Waals surface area contributed by atoms with Crippen molar-refractivity contribution in [3.05, 3.63) is 96.7 Å². The van der Waals surface area contributed by atoms with Gasteiger partial charge in [0.15, 0.2) is 21.5 Å². The van der Waals surface area contributed by atoms with Crippen molar-refractivity contribution in [2.45, 2.75) is 26.1 Å². The maximum Gasteiger partial charge on any atom is 0.183 e. The summed E-state index contributed by atoms with van der Waals surface area (Å²) in [7, 11) is -3.25. The third-order valence-corrected chi connectivity index (χ3v) is 7.73. The summed E-state index contributed by atoms with van der Waals surface area (Å²) in [6.45, 7) is 4.28. The minimum atomic E-state index is -3.25. The van der Waals surface area contributed by atoms with Gasteiger partial charge in [0.1, 0.15) is 5.52 Å². The van der Waals surface area contributed by atoms with E-state index in [1.165, 1.54) is 0 Å². The molecule has 0 spiro atoms. The van der Waals surface area contributed by atoms with E-state index in [-0.39, 0.29) is 17.4 Å². The van der Waals surface area contributed by atoms with E-state index < -0.39 is 9.84 Å². The van der Waals surface area contributed by atoms with E-state index in [0.29, 0.717) is 29.3 Å². The highest BCUT2D eigenvalue weighted by atomic mass is 32.2. The summed E-state index contributed by atoms with van der Waals surface area (Å²) in [6, 6.07) is 19.7. The monoisotopic (exact) mass is 512 g/mol. The van der Waals surface area contributed by atoms with Crippen molar-refractivity contribution in [3.8, 4) is 22.5 Å². The van der Waals surface area contributed by atoms with Gasteiger partial charge in [0.05, 0.1) is 23.7 Å². The lowest BCUT2D eigenvalue weighted by molar-refractivity contribution is 0.581. The highest BCUT2D eigenvalue weighted by Crippen LogP contribution is 2.31. The molecule has 4 heterocycles. The molecule has 1 N–H and O–H groups in total. The first kappa shape index (κ1) is 24.6. The molecule has 0 aliphatic rings. The summed E-state index contributed by atoms with van der Waals surface area (Å²) >= 11 is 0. The standard InChI is InChI=1S/C28H28N6O2S/c1-20(2)18-37(35,36)19-21-14-23(16-29-15-21)27-32-28(31-17-24-10-6-7-12-30-24)26-25(11-13-34(26)33-27)22-8-4-3-5-9-22/h3-16,20H,17-19H2,1-2H3,(H,31,32,33). The van der Waals surface area contributed by atoms with Crippen LogP contribution in [0.2, 0.25) is 0 Å². The lowest BCUT2D eigenvalue weighted by Gasteiger charge is -2.12. The zero-order valence-electron chi connectivity index (χ0n) is 20.7. The van der Waals surface area contributed by atoms with Crippen LogP contribution < -0.4 is 5.32 Å². The van der Waals surface area contributed by atoms with Crippen molar-refractivity contribution >= 4 is 21.2 Å². The minimum absolute atomic E-state index is 0.0622. The predicted molar refractivity (Wildman–Crippen MR) is 146 cm³/mol. The fraction of sp³-hybridized carbons (Fsp3) is 0.214. The molecule has 4 aromatic heterocycles. The molecule has 5 aromatic rings. The van der Waals surface area contributed by atoms with Crippen LogP contribution in [-0.4, -0.2) is 38.7 Å². The molecule has 0 aliphatic carbocycles. The Balaban J connectivity index is 1.56. The second-order valence-corrected chi connectivity index (χ2v) is 11.5. The largest absolute Gasteiger partial charge is 0.363 e. The number of hydrogen-bond donors (Lipinski definition) is 1. The zero-order valence-corrected chi connectivity index (χ0v) is 21.6. The van der Waals surface area contributed by atoms with Gasteiger partial charge in [0.25, 0.3) is 0 Å². The molecule has 0 bridgehead atoms. The van der Waals surface area contributed by atoms with Gasteiger partial charge in [-0.25, -0.2) is 17.9 Å². The van der Waals surface area contributed by atoms with E-state index in [1.54, 1.807) is 29.2 Å². The van der Waals surface area contributed by atoms with Crippen molar-refractivity contribution in [2.24, 2.45) is 5.92 Å². The molecule has 9 heteroatoms. The van der Waals surface area contributed by atoms with Gasteiger partial charge in [-0.05, 0) is 41.3 Å². The minimum Gasteiger partial charge on any atom is -0.363 e. The normalized spacial score (nSPS) is 11.8. The van der Waals surface area contributed by atoms with Crippen molar-refractivity contribution in [1.29, 1.82) is 0 Å². The third kappa shape index (κ3) is 5.83. The molecule has 0 amide bonds. The number of nitrogens with one attached hydrogen (secondary N) is 1. The number of anilines is 1. The summed E-state index contributed by atoms with van der Waals surface area (Å²) in [5.41, 5.74) is 5.04. The highest BCUT2D eigenvalue weighted by molar-refractivity contribution is 7.90. The second kappa shape index (κ2) is 10.5. The lowest BCUT2D eigenvalue weighted by atomic mass is 10.1. The van der Waals surface area contributed by atoms with Crippen LogP contribution in [0.1, 0.15) is 25.1 Å². The first-order valence-electron chi connectivity index (χ1n) is 12.1. The first-order chi connectivity index (χ1) is 17.9. The fourth-order valence-electron chi connectivity index (χ4n) is 4.31. The Morgan fingerprint density at radius 3 is 2.54 bits per heavy atom. The van der Waals surface area contributed by atoms with Crippen LogP contribution in [0.5, 0.6) is 0 Å². The molecule has 0 radical (unpaired) electrons. The van der Waals surface area contributed by atoms with E-state index in [1.807, 2.05) is 62.5 Å². The van der Waals surface area contributed by atoms with Crippen LogP contribution in [0.4, 0.5) is 5.82 Å². The molecule has 1 aromatic carbocycles. The van der Waals surface area contributed by atoms with Gasteiger partial charge < -0.3 is 5.32 Å². The van der Waals surface area contributed by atoms with Gasteiger partial charge in [0, 0.05) is 35.9 Å². The molecule has 0 aliphatic heterocycles. The van der Waals surface area contributed by atoms with E-state index in [4.69, 9.17) is 10.1 Å². The highest BCUT2D eigenvalue weighted by Gasteiger charge is 2.18. The van der Waals surface area contributed by atoms with Gasteiger partial charge in [-0.1, -0.05) is 50.2 Å². The zero-order chi connectivity index (χ0) is 25.8. The SMILES string of the molecule is CC(C)CS(=O)(=O)Cc1cncc(-c2nc(NCc3ccccn3)c3c(-c4ccccc4)ccn3n2)c1. The Bertz CT molecular complexity index is 1620. The van der Waals surface area contributed by atoms with E-state index >= 15 is 0 Å². The summed E-state index contributed by atoms with van der Waals surface area (Å²) < 4.78 is 26.9. The summed E-state index contributed by atoms with van der Waals surface area (Å²) in [4.78, 5) is 13.6. The van der Waals surface area contributed by atoms with Crippen LogP contribution in [0, 0.1) is 5.92 Å². The molecule has 0 saturated carbocycles. The number of aromatic nitrogens is 5.